The Kier molecular flexibility index (Phi) is 7.94. The summed E-state index contributed by atoms with van der Waals surface area (Å²) in [6, 6.07) is 11.8. The molecule has 2 aromatic carbocycles. The summed E-state index contributed by atoms with van der Waals surface area (Å²) in [5.74, 6) is 0.104. The van der Waals surface area contributed by atoms with Gasteiger partial charge in [-0.05, 0) is 63.4 Å². The minimum absolute atomic E-state index is 0.107. The van der Waals surface area contributed by atoms with E-state index in [4.69, 9.17) is 9.47 Å². The first-order valence-electron chi connectivity index (χ1n) is 12.6. The lowest BCUT2D eigenvalue weighted by molar-refractivity contribution is -0.158. The summed E-state index contributed by atoms with van der Waals surface area (Å²) in [4.78, 5) is 36.0. The molecule has 0 atom stereocenters. The molecule has 1 aromatic heterocycles. The number of halogens is 3. The molecule has 0 spiro atoms. The van der Waals surface area contributed by atoms with Crippen LogP contribution in [0.25, 0.3) is 11.4 Å². The lowest BCUT2D eigenvalue weighted by Gasteiger charge is -2.25. The predicted molar refractivity (Wildman–Crippen MR) is 138 cm³/mol. The Labute approximate surface area is 225 Å². The van der Waals surface area contributed by atoms with Gasteiger partial charge in [-0.3, -0.25) is 4.79 Å². The number of esters is 1. The number of amides is 1. The molecule has 0 aliphatic heterocycles. The third kappa shape index (κ3) is 6.74. The Balaban J connectivity index is 1.51. The van der Waals surface area contributed by atoms with E-state index in [1.165, 1.54) is 23.2 Å². The SMILES string of the molecule is CCOC(=O)C(C)(C)Oc1cccc(CN(C)C(=O)c2cnc(-c3ccc(C(F)(F)F)cc3)nc2C2CC2)c1. The smallest absolute Gasteiger partial charge is 0.416 e. The number of ether oxygens (including phenoxy) is 2. The number of benzene rings is 2. The van der Waals surface area contributed by atoms with Crippen molar-refractivity contribution in [3.63, 3.8) is 0 Å². The highest BCUT2D eigenvalue weighted by atomic mass is 19.4. The van der Waals surface area contributed by atoms with Gasteiger partial charge in [0.2, 0.25) is 0 Å². The summed E-state index contributed by atoms with van der Waals surface area (Å²) >= 11 is 0. The third-order valence-corrected chi connectivity index (χ3v) is 6.29. The highest BCUT2D eigenvalue weighted by Gasteiger charge is 2.33. The zero-order chi connectivity index (χ0) is 28.4. The Hall–Kier alpha value is -3.95. The van der Waals surface area contributed by atoms with Crippen LogP contribution < -0.4 is 4.74 Å². The molecule has 10 heteroatoms. The van der Waals surface area contributed by atoms with E-state index in [0.29, 0.717) is 22.6 Å². The molecule has 0 N–H and O–H groups in total. The van der Waals surface area contributed by atoms with Crippen LogP contribution in [-0.2, 0) is 22.3 Å². The summed E-state index contributed by atoms with van der Waals surface area (Å²) < 4.78 is 49.7. The van der Waals surface area contributed by atoms with E-state index >= 15 is 0 Å². The summed E-state index contributed by atoms with van der Waals surface area (Å²) in [7, 11) is 1.67. The molecular formula is C29H30F3N3O4. The number of alkyl halides is 3. The summed E-state index contributed by atoms with van der Waals surface area (Å²) in [6.45, 7) is 5.49. The molecule has 4 rings (SSSR count). The average Bonchev–Trinajstić information content (AvgIpc) is 3.73. The molecule has 1 saturated carbocycles. The minimum atomic E-state index is -4.43. The van der Waals surface area contributed by atoms with Crippen LogP contribution in [0.2, 0.25) is 0 Å². The number of rotatable bonds is 9. The van der Waals surface area contributed by atoms with Crippen molar-refractivity contribution >= 4 is 11.9 Å². The van der Waals surface area contributed by atoms with Gasteiger partial charge in [0.25, 0.3) is 5.91 Å². The monoisotopic (exact) mass is 541 g/mol. The normalized spacial score (nSPS) is 13.6. The van der Waals surface area contributed by atoms with Gasteiger partial charge in [0, 0.05) is 31.3 Å². The maximum Gasteiger partial charge on any atom is 0.416 e. The van der Waals surface area contributed by atoms with Crippen LogP contribution in [0, 0.1) is 0 Å². The lowest BCUT2D eigenvalue weighted by atomic mass is 10.1. The zero-order valence-corrected chi connectivity index (χ0v) is 22.2. The van der Waals surface area contributed by atoms with Crippen molar-refractivity contribution in [1.29, 1.82) is 0 Å². The highest BCUT2D eigenvalue weighted by Crippen LogP contribution is 2.41. The van der Waals surface area contributed by atoms with Gasteiger partial charge in [0.05, 0.1) is 23.4 Å². The van der Waals surface area contributed by atoms with Crippen LogP contribution >= 0.6 is 0 Å². The van der Waals surface area contributed by atoms with E-state index in [-0.39, 0.29) is 30.8 Å². The van der Waals surface area contributed by atoms with E-state index in [2.05, 4.69) is 9.97 Å². The number of nitrogens with zero attached hydrogens (tertiary/aromatic N) is 3. The second kappa shape index (κ2) is 11.0. The molecule has 39 heavy (non-hydrogen) atoms. The topological polar surface area (TPSA) is 81.6 Å². The highest BCUT2D eigenvalue weighted by molar-refractivity contribution is 5.95. The fourth-order valence-corrected chi connectivity index (χ4v) is 4.07. The Morgan fingerprint density at radius 3 is 2.38 bits per heavy atom. The minimum Gasteiger partial charge on any atom is -0.476 e. The quantitative estimate of drug-likeness (QED) is 0.308. The molecule has 0 saturated heterocycles. The maximum atomic E-state index is 13.4. The van der Waals surface area contributed by atoms with Crippen LogP contribution in [0.1, 0.15) is 66.7 Å². The number of carbonyl (C=O) groups is 2. The first-order valence-corrected chi connectivity index (χ1v) is 12.6. The molecule has 0 bridgehead atoms. The maximum absolute atomic E-state index is 13.4. The molecule has 1 aliphatic carbocycles. The molecule has 1 amide bonds. The summed E-state index contributed by atoms with van der Waals surface area (Å²) in [5.41, 5.74) is 0.275. The summed E-state index contributed by atoms with van der Waals surface area (Å²) in [6.07, 6.45) is -1.22. The molecule has 1 fully saturated rings. The van der Waals surface area contributed by atoms with E-state index in [1.807, 2.05) is 6.07 Å². The summed E-state index contributed by atoms with van der Waals surface area (Å²) in [5, 5.41) is 0. The molecule has 7 nitrogen and oxygen atoms in total. The van der Waals surface area contributed by atoms with Crippen LogP contribution in [0.3, 0.4) is 0 Å². The van der Waals surface area contributed by atoms with Gasteiger partial charge >= 0.3 is 12.1 Å². The van der Waals surface area contributed by atoms with Gasteiger partial charge in [-0.25, -0.2) is 14.8 Å². The van der Waals surface area contributed by atoms with Crippen molar-refractivity contribution in [2.24, 2.45) is 0 Å². The number of hydrogen-bond donors (Lipinski definition) is 0. The van der Waals surface area contributed by atoms with E-state index in [9.17, 15) is 22.8 Å². The number of aromatic nitrogens is 2. The largest absolute Gasteiger partial charge is 0.476 e. The van der Waals surface area contributed by atoms with Gasteiger partial charge in [-0.2, -0.15) is 13.2 Å². The van der Waals surface area contributed by atoms with Gasteiger partial charge in [-0.15, -0.1) is 0 Å². The third-order valence-electron chi connectivity index (χ3n) is 6.29. The molecule has 1 aliphatic rings. The first-order chi connectivity index (χ1) is 18.4. The number of hydrogen-bond acceptors (Lipinski definition) is 6. The van der Waals surface area contributed by atoms with Crippen molar-refractivity contribution in [3.8, 4) is 17.1 Å². The molecule has 206 valence electrons. The standard InChI is InChI=1S/C29H30F3N3O4/c1-5-38-27(37)28(2,3)39-22-8-6-7-18(15-22)17-35(4)26(36)23-16-33-25(34-24(23)19-9-10-19)20-11-13-21(14-12-20)29(30,31)32/h6-8,11-16,19H,5,9-10,17H2,1-4H3. The van der Waals surface area contributed by atoms with E-state index in [0.717, 1.165) is 30.5 Å². The van der Waals surface area contributed by atoms with Gasteiger partial charge < -0.3 is 14.4 Å². The van der Waals surface area contributed by atoms with Crippen molar-refractivity contribution in [2.45, 2.75) is 57.9 Å². The fourth-order valence-electron chi connectivity index (χ4n) is 4.07. The number of carbonyl (C=O) groups excluding carboxylic acids is 2. The van der Waals surface area contributed by atoms with Crippen LogP contribution in [0.4, 0.5) is 13.2 Å². The first kappa shape index (κ1) is 28.1. The zero-order valence-electron chi connectivity index (χ0n) is 22.2. The van der Waals surface area contributed by atoms with Gasteiger partial charge in [-0.1, -0.05) is 24.3 Å². The van der Waals surface area contributed by atoms with Crippen LogP contribution in [0.15, 0.2) is 54.7 Å². The Morgan fingerprint density at radius 2 is 1.77 bits per heavy atom. The van der Waals surface area contributed by atoms with E-state index < -0.39 is 23.3 Å². The van der Waals surface area contributed by atoms with Crippen molar-refractivity contribution in [1.82, 2.24) is 14.9 Å². The molecular weight excluding hydrogens is 511 g/mol. The van der Waals surface area contributed by atoms with Gasteiger partial charge in [0.15, 0.2) is 11.4 Å². The molecule has 3 aromatic rings. The lowest BCUT2D eigenvalue weighted by Crippen LogP contribution is -2.39. The fraction of sp³-hybridized carbons (Fsp3) is 0.379. The van der Waals surface area contributed by atoms with E-state index in [1.54, 1.807) is 46.0 Å². The predicted octanol–water partition coefficient (Wildman–Crippen LogP) is 6.03. The van der Waals surface area contributed by atoms with Crippen molar-refractivity contribution in [2.75, 3.05) is 13.7 Å². The Morgan fingerprint density at radius 1 is 1.08 bits per heavy atom. The van der Waals surface area contributed by atoms with Crippen LogP contribution in [-0.4, -0.2) is 46.0 Å². The van der Waals surface area contributed by atoms with Gasteiger partial charge in [0.1, 0.15) is 5.75 Å². The molecule has 0 radical (unpaired) electrons. The molecule has 0 unspecified atom stereocenters. The van der Waals surface area contributed by atoms with Crippen molar-refractivity contribution < 1.29 is 32.2 Å². The van der Waals surface area contributed by atoms with Crippen molar-refractivity contribution in [3.05, 3.63) is 77.1 Å². The van der Waals surface area contributed by atoms with Crippen LogP contribution in [0.5, 0.6) is 5.75 Å². The molecule has 1 heterocycles. The second-order valence-electron chi connectivity index (χ2n) is 9.98. The second-order valence-corrected chi connectivity index (χ2v) is 9.98. The Bertz CT molecular complexity index is 1350. The average molecular weight is 542 g/mol.